The van der Waals surface area contributed by atoms with Gasteiger partial charge in [0.2, 0.25) is 10.0 Å². The molecule has 1 N–H and O–H groups in total. The Labute approximate surface area is 118 Å². The molecule has 0 aliphatic heterocycles. The Balaban J connectivity index is 2.23. The average Bonchev–Trinajstić information content (AvgIpc) is 2.38. The van der Waals surface area contributed by atoms with Gasteiger partial charge in [0.15, 0.2) is 0 Å². The summed E-state index contributed by atoms with van der Waals surface area (Å²) in [5, 5.41) is 0.980. The number of nitrogens with one attached hydrogen (secondary N) is 1. The van der Waals surface area contributed by atoms with Gasteiger partial charge < -0.3 is 0 Å². The predicted octanol–water partition coefficient (Wildman–Crippen LogP) is 2.71. The largest absolute Gasteiger partial charge is 0.215 e. The van der Waals surface area contributed by atoms with E-state index in [4.69, 9.17) is 0 Å². The summed E-state index contributed by atoms with van der Waals surface area (Å²) in [6.45, 7) is 0.546. The Morgan fingerprint density at radius 3 is 2.44 bits per heavy atom. The van der Waals surface area contributed by atoms with Crippen LogP contribution in [0.1, 0.15) is 24.8 Å². The molecule has 0 saturated carbocycles. The molecule has 5 heteroatoms. The molecule has 0 atom stereocenters. The van der Waals surface area contributed by atoms with Crippen molar-refractivity contribution in [3.05, 3.63) is 35.9 Å². The molecule has 1 aromatic rings. The molecule has 3 nitrogen and oxygen atoms in total. The van der Waals surface area contributed by atoms with E-state index in [1.54, 1.807) is 0 Å². The van der Waals surface area contributed by atoms with Crippen LogP contribution in [0.25, 0.3) is 0 Å². The van der Waals surface area contributed by atoms with Gasteiger partial charge in [-0.3, -0.25) is 0 Å². The van der Waals surface area contributed by atoms with Crippen molar-refractivity contribution in [1.29, 1.82) is 0 Å². The van der Waals surface area contributed by atoms with Crippen LogP contribution >= 0.6 is 15.9 Å². The molecule has 0 aliphatic carbocycles. The van der Waals surface area contributed by atoms with Crippen molar-refractivity contribution >= 4 is 26.0 Å². The zero-order valence-corrected chi connectivity index (χ0v) is 12.8. The third kappa shape index (κ3) is 7.13. The minimum Gasteiger partial charge on any atom is -0.215 e. The van der Waals surface area contributed by atoms with Crippen LogP contribution in [0.5, 0.6) is 0 Å². The Bertz CT molecular complexity index is 420. The zero-order chi connectivity index (χ0) is 13.3. The fourth-order valence-electron chi connectivity index (χ4n) is 1.59. The number of rotatable bonds is 9. The zero-order valence-electron chi connectivity index (χ0n) is 10.4. The molecule has 0 fully saturated rings. The first-order valence-electron chi connectivity index (χ1n) is 6.21. The van der Waals surface area contributed by atoms with Crippen LogP contribution in [-0.4, -0.2) is 26.0 Å². The molecule has 0 spiro atoms. The molecule has 0 aromatic heterocycles. The van der Waals surface area contributed by atoms with Gasteiger partial charge in [0, 0.05) is 11.9 Å². The first kappa shape index (κ1) is 15.7. The van der Waals surface area contributed by atoms with E-state index >= 15 is 0 Å². The second-order valence-electron chi connectivity index (χ2n) is 4.20. The standard InChI is InChI=1S/C13H20BrNO2S/c14-10-5-2-6-11-15-18(16,17)12-9-13-7-3-1-4-8-13/h1,3-4,7-8,15H,2,5-6,9-12H2. The van der Waals surface area contributed by atoms with E-state index in [0.29, 0.717) is 13.0 Å². The van der Waals surface area contributed by atoms with E-state index in [1.165, 1.54) is 0 Å². The van der Waals surface area contributed by atoms with Gasteiger partial charge in [0.25, 0.3) is 0 Å². The van der Waals surface area contributed by atoms with Crippen molar-refractivity contribution < 1.29 is 8.42 Å². The van der Waals surface area contributed by atoms with E-state index < -0.39 is 10.0 Å². The number of alkyl halides is 1. The average molecular weight is 334 g/mol. The molecule has 0 unspecified atom stereocenters. The summed E-state index contributed by atoms with van der Waals surface area (Å²) >= 11 is 3.35. The number of halogens is 1. The lowest BCUT2D eigenvalue weighted by Gasteiger charge is -2.06. The van der Waals surface area contributed by atoms with Crippen LogP contribution in [0, 0.1) is 0 Å². The highest BCUT2D eigenvalue weighted by Gasteiger charge is 2.09. The fourth-order valence-corrected chi connectivity index (χ4v) is 3.09. The van der Waals surface area contributed by atoms with E-state index in [9.17, 15) is 8.42 Å². The maximum atomic E-state index is 11.7. The first-order valence-corrected chi connectivity index (χ1v) is 8.98. The number of aryl methyl sites for hydroxylation is 1. The van der Waals surface area contributed by atoms with Crippen molar-refractivity contribution in [2.45, 2.75) is 25.7 Å². The molecule has 0 amide bonds. The quantitative estimate of drug-likeness (QED) is 0.557. The summed E-state index contributed by atoms with van der Waals surface area (Å²) in [7, 11) is -3.13. The van der Waals surface area contributed by atoms with Crippen molar-refractivity contribution in [2.24, 2.45) is 0 Å². The first-order chi connectivity index (χ1) is 8.64. The predicted molar refractivity (Wildman–Crippen MR) is 79.6 cm³/mol. The van der Waals surface area contributed by atoms with Gasteiger partial charge in [0.1, 0.15) is 0 Å². The monoisotopic (exact) mass is 333 g/mol. The normalized spacial score (nSPS) is 11.6. The van der Waals surface area contributed by atoms with Crippen molar-refractivity contribution in [2.75, 3.05) is 17.6 Å². The van der Waals surface area contributed by atoms with E-state index in [0.717, 1.165) is 30.2 Å². The lowest BCUT2D eigenvalue weighted by molar-refractivity contribution is 0.575. The summed E-state index contributed by atoms with van der Waals surface area (Å²) in [6, 6.07) is 9.68. The number of unbranched alkanes of at least 4 members (excludes halogenated alkanes) is 2. The van der Waals surface area contributed by atoms with Crippen LogP contribution in [-0.2, 0) is 16.4 Å². The molecule has 1 rings (SSSR count). The highest BCUT2D eigenvalue weighted by Crippen LogP contribution is 2.02. The number of sulfonamides is 1. The van der Waals surface area contributed by atoms with Gasteiger partial charge in [-0.15, -0.1) is 0 Å². The molecule has 0 saturated heterocycles. The maximum Gasteiger partial charge on any atom is 0.211 e. The molecule has 102 valence electrons. The van der Waals surface area contributed by atoms with Gasteiger partial charge in [-0.25, -0.2) is 13.1 Å². The third-order valence-electron chi connectivity index (χ3n) is 2.63. The SMILES string of the molecule is O=S(=O)(CCc1ccccc1)NCCCCCBr. The summed E-state index contributed by atoms with van der Waals surface area (Å²) in [6.07, 6.45) is 3.60. The van der Waals surface area contributed by atoms with Gasteiger partial charge in [-0.1, -0.05) is 52.7 Å². The number of hydrogen-bond donors (Lipinski definition) is 1. The van der Waals surface area contributed by atoms with Crippen molar-refractivity contribution in [1.82, 2.24) is 4.72 Å². The molecule has 0 radical (unpaired) electrons. The van der Waals surface area contributed by atoms with Gasteiger partial charge >= 0.3 is 0 Å². The fraction of sp³-hybridized carbons (Fsp3) is 0.538. The molecular formula is C13H20BrNO2S. The third-order valence-corrected chi connectivity index (χ3v) is 4.58. The van der Waals surface area contributed by atoms with E-state index in [-0.39, 0.29) is 5.75 Å². The highest BCUT2D eigenvalue weighted by atomic mass is 79.9. The summed E-state index contributed by atoms with van der Waals surface area (Å²) in [4.78, 5) is 0. The second-order valence-corrected chi connectivity index (χ2v) is 6.92. The van der Waals surface area contributed by atoms with Crippen molar-refractivity contribution in [3.8, 4) is 0 Å². The minimum atomic E-state index is -3.13. The maximum absolute atomic E-state index is 11.7. The molecule has 0 aliphatic rings. The number of benzene rings is 1. The Kier molecular flexibility index (Phi) is 7.54. The lowest BCUT2D eigenvalue weighted by atomic mass is 10.2. The summed E-state index contributed by atoms with van der Waals surface area (Å²) in [5.41, 5.74) is 1.06. The molecule has 1 aromatic carbocycles. The lowest BCUT2D eigenvalue weighted by Crippen LogP contribution is -2.28. The Morgan fingerprint density at radius 1 is 1.06 bits per heavy atom. The minimum absolute atomic E-state index is 0.162. The number of hydrogen-bond acceptors (Lipinski definition) is 2. The topological polar surface area (TPSA) is 46.2 Å². The van der Waals surface area contributed by atoms with E-state index in [1.807, 2.05) is 30.3 Å². The summed E-state index contributed by atoms with van der Waals surface area (Å²) in [5.74, 6) is 0.162. The van der Waals surface area contributed by atoms with Crippen LogP contribution in [0.4, 0.5) is 0 Å². The molecule has 0 bridgehead atoms. The van der Waals surface area contributed by atoms with Crippen molar-refractivity contribution in [3.63, 3.8) is 0 Å². The Hall–Kier alpha value is -0.390. The van der Waals surface area contributed by atoms with Gasteiger partial charge in [-0.2, -0.15) is 0 Å². The van der Waals surface area contributed by atoms with Crippen LogP contribution < -0.4 is 4.72 Å². The highest BCUT2D eigenvalue weighted by molar-refractivity contribution is 9.09. The van der Waals surface area contributed by atoms with Crippen LogP contribution in [0.3, 0.4) is 0 Å². The second kappa shape index (κ2) is 8.67. The molecule has 0 heterocycles. The summed E-state index contributed by atoms with van der Waals surface area (Å²) < 4.78 is 26.1. The van der Waals surface area contributed by atoms with Crippen LogP contribution in [0.2, 0.25) is 0 Å². The smallest absolute Gasteiger partial charge is 0.211 e. The van der Waals surface area contributed by atoms with E-state index in [2.05, 4.69) is 20.7 Å². The molecular weight excluding hydrogens is 314 g/mol. The Morgan fingerprint density at radius 2 is 1.78 bits per heavy atom. The van der Waals surface area contributed by atoms with Crippen LogP contribution in [0.15, 0.2) is 30.3 Å². The van der Waals surface area contributed by atoms with Gasteiger partial charge in [-0.05, 0) is 24.8 Å². The van der Waals surface area contributed by atoms with Gasteiger partial charge in [0.05, 0.1) is 5.75 Å². The molecule has 18 heavy (non-hydrogen) atoms.